The second-order valence-electron chi connectivity index (χ2n) is 7.97. The highest BCUT2D eigenvalue weighted by molar-refractivity contribution is 7.89. The van der Waals surface area contributed by atoms with Gasteiger partial charge in [-0.05, 0) is 42.3 Å². The molecule has 0 saturated heterocycles. The first kappa shape index (κ1) is 27.2. The number of hydrazone groups is 1. The van der Waals surface area contributed by atoms with Crippen LogP contribution in [0, 0.1) is 0 Å². The van der Waals surface area contributed by atoms with Crippen molar-refractivity contribution >= 4 is 39.7 Å². The Morgan fingerprint density at radius 2 is 1.59 bits per heavy atom. The van der Waals surface area contributed by atoms with Gasteiger partial charge in [0.15, 0.2) is 0 Å². The van der Waals surface area contributed by atoms with Crippen molar-refractivity contribution in [3.8, 4) is 0 Å². The van der Waals surface area contributed by atoms with Crippen LogP contribution in [0.5, 0.6) is 0 Å². The zero-order valence-electron chi connectivity index (χ0n) is 20.0. The van der Waals surface area contributed by atoms with Crippen LogP contribution < -0.4 is 10.7 Å². The van der Waals surface area contributed by atoms with Crippen molar-refractivity contribution in [2.45, 2.75) is 18.2 Å². The molecule has 3 aromatic carbocycles. The number of sulfonamides is 1. The smallest absolute Gasteiger partial charge is 0.336 e. The first-order valence-corrected chi connectivity index (χ1v) is 12.7. The van der Waals surface area contributed by atoms with Gasteiger partial charge in [-0.1, -0.05) is 48.5 Å². The van der Waals surface area contributed by atoms with Crippen molar-refractivity contribution in [2.75, 3.05) is 18.4 Å². The maximum atomic E-state index is 13.4. The molecule has 3 rings (SSSR count). The summed E-state index contributed by atoms with van der Waals surface area (Å²) in [5.41, 5.74) is 3.89. The Hall–Kier alpha value is -4.35. The van der Waals surface area contributed by atoms with E-state index in [1.54, 1.807) is 12.1 Å². The molecule has 0 saturated carbocycles. The Kier molecular flexibility index (Phi) is 9.25. The van der Waals surface area contributed by atoms with E-state index in [0.29, 0.717) is 12.1 Å². The van der Waals surface area contributed by atoms with Gasteiger partial charge in [0, 0.05) is 24.7 Å². The highest BCUT2D eigenvalue weighted by Gasteiger charge is 2.26. The van der Waals surface area contributed by atoms with E-state index in [1.807, 2.05) is 30.3 Å². The Morgan fingerprint density at radius 1 is 0.946 bits per heavy atom. The summed E-state index contributed by atoms with van der Waals surface area (Å²) in [6.07, 6.45) is 1.55. The number of hydrogen-bond donors (Lipinski definition) is 3. The Morgan fingerprint density at radius 3 is 2.24 bits per heavy atom. The van der Waals surface area contributed by atoms with Gasteiger partial charge in [0.1, 0.15) is 0 Å². The summed E-state index contributed by atoms with van der Waals surface area (Å²) >= 11 is 0. The maximum Gasteiger partial charge on any atom is 0.336 e. The molecule has 0 aliphatic heterocycles. The molecule has 0 atom stereocenters. The molecule has 0 fully saturated rings. The third-order valence-electron chi connectivity index (χ3n) is 5.21. The number of amides is 2. The molecule has 0 radical (unpaired) electrons. The van der Waals surface area contributed by atoms with Crippen LogP contribution in [0.15, 0.2) is 88.9 Å². The van der Waals surface area contributed by atoms with Gasteiger partial charge in [-0.2, -0.15) is 9.41 Å². The fraction of sp³-hybridized carbons (Fsp3) is 0.154. The summed E-state index contributed by atoms with van der Waals surface area (Å²) < 4.78 is 27.8. The van der Waals surface area contributed by atoms with Gasteiger partial charge in [-0.15, -0.1) is 0 Å². The molecule has 2 amide bonds. The summed E-state index contributed by atoms with van der Waals surface area (Å²) in [7, 11) is -4.08. The van der Waals surface area contributed by atoms with Crippen LogP contribution in [0.25, 0.3) is 0 Å². The largest absolute Gasteiger partial charge is 0.478 e. The second kappa shape index (κ2) is 12.6. The number of carboxylic acids is 1. The molecular weight excluding hydrogens is 496 g/mol. The summed E-state index contributed by atoms with van der Waals surface area (Å²) in [6, 6.07) is 21.0. The van der Waals surface area contributed by atoms with Crippen LogP contribution in [0.3, 0.4) is 0 Å². The standard InChI is InChI=1S/C26H26N4O6S/c1-19(31)28-22-11-13-23(14-12-22)37(35,36)30(16-15-20-7-3-2-4-8-20)18-25(32)29-27-17-21-9-5-6-10-24(21)26(33)34/h2-14,17H,15-16,18H2,1H3,(H,28,31)(H,29,32)(H,33,34)/b27-17+. The van der Waals surface area contributed by atoms with Crippen molar-refractivity contribution in [1.82, 2.24) is 9.73 Å². The zero-order valence-corrected chi connectivity index (χ0v) is 20.8. The fourth-order valence-electron chi connectivity index (χ4n) is 3.42. The Labute approximate surface area is 214 Å². The van der Waals surface area contributed by atoms with Gasteiger partial charge < -0.3 is 10.4 Å². The average Bonchev–Trinajstić information content (AvgIpc) is 2.87. The minimum absolute atomic E-state index is 0.00951. The van der Waals surface area contributed by atoms with E-state index in [9.17, 15) is 27.9 Å². The third kappa shape index (κ3) is 7.82. The summed E-state index contributed by atoms with van der Waals surface area (Å²) in [5.74, 6) is -2.13. The lowest BCUT2D eigenvalue weighted by molar-refractivity contribution is -0.121. The van der Waals surface area contributed by atoms with Crippen LogP contribution in [0.2, 0.25) is 0 Å². The lowest BCUT2D eigenvalue weighted by atomic mass is 10.1. The first-order valence-electron chi connectivity index (χ1n) is 11.2. The van der Waals surface area contributed by atoms with E-state index in [4.69, 9.17) is 0 Å². The quantitative estimate of drug-likeness (QED) is 0.261. The number of rotatable bonds is 11. The normalized spacial score (nSPS) is 11.4. The molecule has 37 heavy (non-hydrogen) atoms. The number of carbonyl (C=O) groups excluding carboxylic acids is 2. The molecule has 3 N–H and O–H groups in total. The van der Waals surface area contributed by atoms with Crippen LogP contribution in [-0.2, 0) is 26.0 Å². The van der Waals surface area contributed by atoms with Crippen LogP contribution in [0.4, 0.5) is 5.69 Å². The number of carbonyl (C=O) groups is 3. The molecule has 11 heteroatoms. The van der Waals surface area contributed by atoms with E-state index in [1.165, 1.54) is 49.5 Å². The summed E-state index contributed by atoms with van der Waals surface area (Å²) in [4.78, 5) is 35.2. The summed E-state index contributed by atoms with van der Waals surface area (Å²) in [5, 5.41) is 15.6. The van der Waals surface area contributed by atoms with Gasteiger partial charge in [-0.3, -0.25) is 9.59 Å². The molecule has 0 spiro atoms. The van der Waals surface area contributed by atoms with Crippen molar-refractivity contribution < 1.29 is 27.9 Å². The molecule has 3 aromatic rings. The molecule has 0 aliphatic carbocycles. The molecule has 192 valence electrons. The lowest BCUT2D eigenvalue weighted by Crippen LogP contribution is -2.40. The SMILES string of the molecule is CC(=O)Nc1ccc(S(=O)(=O)N(CCc2ccccc2)CC(=O)N/N=C/c2ccccc2C(=O)O)cc1. The van der Waals surface area contributed by atoms with Crippen LogP contribution in [0.1, 0.15) is 28.4 Å². The Balaban J connectivity index is 1.77. The van der Waals surface area contributed by atoms with E-state index in [2.05, 4.69) is 15.8 Å². The van der Waals surface area contributed by atoms with Crippen molar-refractivity contribution in [3.05, 3.63) is 95.6 Å². The highest BCUT2D eigenvalue weighted by atomic mass is 32.2. The van der Waals surface area contributed by atoms with E-state index in [-0.39, 0.29) is 28.5 Å². The van der Waals surface area contributed by atoms with Crippen LogP contribution >= 0.6 is 0 Å². The van der Waals surface area contributed by atoms with Gasteiger partial charge in [0.25, 0.3) is 5.91 Å². The molecule has 10 nitrogen and oxygen atoms in total. The molecule has 0 aliphatic rings. The number of benzene rings is 3. The zero-order chi connectivity index (χ0) is 26.8. The monoisotopic (exact) mass is 522 g/mol. The number of carboxylic acid groups (broad SMARTS) is 1. The molecular formula is C26H26N4O6S. The van der Waals surface area contributed by atoms with Crippen molar-refractivity contribution in [2.24, 2.45) is 5.10 Å². The number of nitrogens with one attached hydrogen (secondary N) is 2. The van der Waals surface area contributed by atoms with Gasteiger partial charge in [0.05, 0.1) is 23.2 Å². The minimum Gasteiger partial charge on any atom is -0.478 e. The fourth-order valence-corrected chi connectivity index (χ4v) is 4.82. The Bertz CT molecular complexity index is 1390. The number of hydrogen-bond acceptors (Lipinski definition) is 6. The lowest BCUT2D eigenvalue weighted by Gasteiger charge is -2.21. The number of anilines is 1. The highest BCUT2D eigenvalue weighted by Crippen LogP contribution is 2.19. The molecule has 0 bridgehead atoms. The summed E-state index contributed by atoms with van der Waals surface area (Å²) in [6.45, 7) is 0.858. The van der Waals surface area contributed by atoms with Gasteiger partial charge in [-0.25, -0.2) is 18.6 Å². The molecule has 0 unspecified atom stereocenters. The predicted molar refractivity (Wildman–Crippen MR) is 139 cm³/mol. The number of aromatic carboxylic acids is 1. The average molecular weight is 523 g/mol. The maximum absolute atomic E-state index is 13.4. The molecule has 0 aromatic heterocycles. The van der Waals surface area contributed by atoms with E-state index >= 15 is 0 Å². The van der Waals surface area contributed by atoms with E-state index < -0.39 is 28.4 Å². The first-order chi connectivity index (χ1) is 17.7. The van der Waals surface area contributed by atoms with Crippen molar-refractivity contribution in [3.63, 3.8) is 0 Å². The molecule has 0 heterocycles. The van der Waals surface area contributed by atoms with Gasteiger partial charge in [0.2, 0.25) is 15.9 Å². The minimum atomic E-state index is -4.08. The van der Waals surface area contributed by atoms with Crippen molar-refractivity contribution in [1.29, 1.82) is 0 Å². The van der Waals surface area contributed by atoms with E-state index in [0.717, 1.165) is 9.87 Å². The predicted octanol–water partition coefficient (Wildman–Crippen LogP) is 2.73. The van der Waals surface area contributed by atoms with Crippen LogP contribution in [-0.4, -0.2) is 54.9 Å². The van der Waals surface area contributed by atoms with Gasteiger partial charge >= 0.3 is 5.97 Å². The third-order valence-corrected chi connectivity index (χ3v) is 7.07. The topological polar surface area (TPSA) is 145 Å². The number of nitrogens with zero attached hydrogens (tertiary/aromatic N) is 2. The second-order valence-corrected chi connectivity index (χ2v) is 9.90.